The Morgan fingerprint density at radius 1 is 1.38 bits per heavy atom. The van der Waals surface area contributed by atoms with Crippen LogP contribution in [0.25, 0.3) is 10.9 Å². The van der Waals surface area contributed by atoms with Crippen LogP contribution in [0.2, 0.25) is 0 Å². The summed E-state index contributed by atoms with van der Waals surface area (Å²) >= 11 is 3.51. The van der Waals surface area contributed by atoms with Gasteiger partial charge in [0.15, 0.2) is 0 Å². The highest BCUT2D eigenvalue weighted by atomic mass is 79.9. The Hall–Kier alpha value is -1.19. The van der Waals surface area contributed by atoms with Gasteiger partial charge >= 0.3 is 0 Å². The maximum absolute atomic E-state index is 5.56. The van der Waals surface area contributed by atoms with Crippen molar-refractivity contribution >= 4 is 26.8 Å². The molecule has 0 N–H and O–H groups in total. The van der Waals surface area contributed by atoms with Gasteiger partial charge in [0.1, 0.15) is 5.01 Å². The topological polar surface area (TPSA) is 22.1 Å². The number of alkyl halides is 1. The second kappa shape index (κ2) is 5.23. The van der Waals surface area contributed by atoms with Crippen LogP contribution in [0.3, 0.4) is 0 Å². The fourth-order valence-corrected chi connectivity index (χ4v) is 2.11. The number of pyridine rings is 1. The summed E-state index contributed by atoms with van der Waals surface area (Å²) in [5.41, 5.74) is 2.07. The van der Waals surface area contributed by atoms with E-state index in [-0.39, 0.29) is 5.01 Å². The summed E-state index contributed by atoms with van der Waals surface area (Å²) in [6, 6.07) is 9.98. The molecule has 1 heterocycles. The quantitative estimate of drug-likeness (QED) is 0.626. The minimum Gasteiger partial charge on any atom is -0.358 e. The fourth-order valence-electron chi connectivity index (χ4n) is 1.56. The van der Waals surface area contributed by atoms with E-state index in [1.54, 1.807) is 12.3 Å². The van der Waals surface area contributed by atoms with E-state index in [0.29, 0.717) is 6.61 Å². The number of aromatic nitrogens is 1. The van der Waals surface area contributed by atoms with E-state index in [2.05, 4.69) is 27.5 Å². The first-order valence-electron chi connectivity index (χ1n) is 5.03. The van der Waals surface area contributed by atoms with E-state index in [9.17, 15) is 0 Å². The molecular formula is C13H12BrNO. The number of fused-ring (bicyclic) bond motifs is 1. The summed E-state index contributed by atoms with van der Waals surface area (Å²) in [5, 5.41) is 0.981. The van der Waals surface area contributed by atoms with Gasteiger partial charge in [-0.2, -0.15) is 0 Å². The molecule has 0 saturated carbocycles. The van der Waals surface area contributed by atoms with Crippen LogP contribution in [-0.4, -0.2) is 11.6 Å². The molecular weight excluding hydrogens is 266 g/mol. The van der Waals surface area contributed by atoms with Crippen molar-refractivity contribution in [2.24, 2.45) is 0 Å². The number of ether oxygens (including phenoxy) is 1. The zero-order valence-corrected chi connectivity index (χ0v) is 10.4. The Kier molecular flexibility index (Phi) is 3.70. The molecule has 0 radical (unpaired) electrons. The summed E-state index contributed by atoms with van der Waals surface area (Å²) in [5.74, 6) is 0. The standard InChI is InChI=1S/C13H12BrNO/c1-2-9-16-13(14)11-7-8-15-12-6-4-3-5-10(11)12/h2-8,13H,1,9H2/t13-/m1/s1. The first-order valence-corrected chi connectivity index (χ1v) is 5.94. The van der Waals surface area contributed by atoms with Crippen molar-refractivity contribution in [3.63, 3.8) is 0 Å². The van der Waals surface area contributed by atoms with Crippen LogP contribution in [0.4, 0.5) is 0 Å². The number of para-hydroxylation sites is 1. The highest BCUT2D eigenvalue weighted by Crippen LogP contribution is 2.29. The van der Waals surface area contributed by atoms with Crippen LogP contribution in [0, 0.1) is 0 Å². The fraction of sp³-hybridized carbons (Fsp3) is 0.154. The van der Waals surface area contributed by atoms with Gasteiger partial charge in [-0.1, -0.05) is 40.2 Å². The maximum Gasteiger partial charge on any atom is 0.138 e. The minimum atomic E-state index is -0.126. The summed E-state index contributed by atoms with van der Waals surface area (Å²) in [7, 11) is 0. The molecule has 2 nitrogen and oxygen atoms in total. The molecule has 1 atom stereocenters. The molecule has 1 aromatic carbocycles. The lowest BCUT2D eigenvalue weighted by Gasteiger charge is -2.12. The molecule has 0 fully saturated rings. The molecule has 2 rings (SSSR count). The summed E-state index contributed by atoms with van der Waals surface area (Å²) < 4.78 is 5.56. The number of hydrogen-bond acceptors (Lipinski definition) is 2. The van der Waals surface area contributed by atoms with Crippen molar-refractivity contribution in [3.8, 4) is 0 Å². The van der Waals surface area contributed by atoms with Crippen molar-refractivity contribution in [1.29, 1.82) is 0 Å². The van der Waals surface area contributed by atoms with E-state index in [1.165, 1.54) is 0 Å². The van der Waals surface area contributed by atoms with E-state index in [4.69, 9.17) is 4.74 Å². The molecule has 3 heteroatoms. The Balaban J connectivity index is 2.39. The monoisotopic (exact) mass is 277 g/mol. The Morgan fingerprint density at radius 2 is 2.19 bits per heavy atom. The third-order valence-corrected chi connectivity index (χ3v) is 3.05. The molecule has 0 unspecified atom stereocenters. The minimum absolute atomic E-state index is 0.126. The van der Waals surface area contributed by atoms with Gasteiger partial charge in [0.25, 0.3) is 0 Å². The van der Waals surface area contributed by atoms with Crippen molar-refractivity contribution < 1.29 is 4.74 Å². The van der Waals surface area contributed by atoms with E-state index >= 15 is 0 Å². The van der Waals surface area contributed by atoms with Crippen LogP contribution < -0.4 is 0 Å². The summed E-state index contributed by atoms with van der Waals surface area (Å²) in [4.78, 5) is 4.31. The molecule has 16 heavy (non-hydrogen) atoms. The van der Waals surface area contributed by atoms with Gasteiger partial charge in [0.2, 0.25) is 0 Å². The third kappa shape index (κ3) is 2.31. The molecule has 0 amide bonds. The van der Waals surface area contributed by atoms with Crippen LogP contribution in [-0.2, 0) is 4.74 Å². The zero-order valence-electron chi connectivity index (χ0n) is 8.77. The van der Waals surface area contributed by atoms with Crippen LogP contribution in [0.15, 0.2) is 49.2 Å². The second-order valence-electron chi connectivity index (χ2n) is 3.36. The molecule has 1 aromatic heterocycles. The van der Waals surface area contributed by atoms with Crippen LogP contribution in [0.1, 0.15) is 10.6 Å². The Morgan fingerprint density at radius 3 is 3.00 bits per heavy atom. The van der Waals surface area contributed by atoms with E-state index < -0.39 is 0 Å². The first kappa shape index (κ1) is 11.3. The molecule has 82 valence electrons. The van der Waals surface area contributed by atoms with Gasteiger partial charge in [-0.25, -0.2) is 0 Å². The smallest absolute Gasteiger partial charge is 0.138 e. The molecule has 0 spiro atoms. The number of benzene rings is 1. The number of halogens is 1. The molecule has 0 aliphatic rings. The van der Waals surface area contributed by atoms with Gasteiger partial charge in [-0.3, -0.25) is 4.98 Å². The Labute approximate surface area is 103 Å². The third-order valence-electron chi connectivity index (χ3n) is 2.29. The van der Waals surface area contributed by atoms with Gasteiger partial charge in [-0.05, 0) is 12.1 Å². The van der Waals surface area contributed by atoms with E-state index in [0.717, 1.165) is 16.5 Å². The van der Waals surface area contributed by atoms with Crippen molar-refractivity contribution in [2.45, 2.75) is 5.01 Å². The predicted octanol–water partition coefficient (Wildman–Crippen LogP) is 3.83. The zero-order chi connectivity index (χ0) is 11.4. The molecule has 0 saturated heterocycles. The lowest BCUT2D eigenvalue weighted by Crippen LogP contribution is -1.98. The van der Waals surface area contributed by atoms with Crippen LogP contribution >= 0.6 is 15.9 Å². The molecule has 2 aromatic rings. The first-order chi connectivity index (χ1) is 7.83. The van der Waals surface area contributed by atoms with Crippen molar-refractivity contribution in [2.75, 3.05) is 6.61 Å². The number of rotatable bonds is 4. The predicted molar refractivity (Wildman–Crippen MR) is 69.6 cm³/mol. The lowest BCUT2D eigenvalue weighted by molar-refractivity contribution is 0.146. The molecule has 0 aliphatic carbocycles. The summed E-state index contributed by atoms with van der Waals surface area (Å²) in [6.45, 7) is 4.15. The molecule has 0 bridgehead atoms. The average molecular weight is 278 g/mol. The normalized spacial score (nSPS) is 12.6. The van der Waals surface area contributed by atoms with Crippen LogP contribution in [0.5, 0.6) is 0 Å². The Bertz CT molecular complexity index is 493. The highest BCUT2D eigenvalue weighted by Gasteiger charge is 2.10. The average Bonchev–Trinajstić information content (AvgIpc) is 2.35. The number of nitrogens with zero attached hydrogens (tertiary/aromatic N) is 1. The van der Waals surface area contributed by atoms with Gasteiger partial charge < -0.3 is 4.74 Å². The molecule has 0 aliphatic heterocycles. The van der Waals surface area contributed by atoms with Gasteiger partial charge in [0.05, 0.1) is 12.1 Å². The lowest BCUT2D eigenvalue weighted by atomic mass is 10.1. The van der Waals surface area contributed by atoms with Gasteiger partial charge in [-0.15, -0.1) is 6.58 Å². The van der Waals surface area contributed by atoms with Gasteiger partial charge in [0, 0.05) is 17.1 Å². The maximum atomic E-state index is 5.56. The summed E-state index contributed by atoms with van der Waals surface area (Å²) in [6.07, 6.45) is 3.53. The second-order valence-corrected chi connectivity index (χ2v) is 4.19. The van der Waals surface area contributed by atoms with E-state index in [1.807, 2.05) is 30.3 Å². The largest absolute Gasteiger partial charge is 0.358 e. The highest BCUT2D eigenvalue weighted by molar-refractivity contribution is 9.09. The van der Waals surface area contributed by atoms with Crippen molar-refractivity contribution in [1.82, 2.24) is 4.98 Å². The number of hydrogen-bond donors (Lipinski definition) is 0. The SMILES string of the molecule is C=CCO[C@@H](Br)c1ccnc2ccccc12. The van der Waals surface area contributed by atoms with Crippen molar-refractivity contribution in [3.05, 3.63) is 54.7 Å².